The molecule has 1 N–H and O–H groups in total. The maximum Gasteiger partial charge on any atom is 0.313 e. The number of rotatable bonds is 5. The second kappa shape index (κ2) is 4.97. The fourth-order valence-corrected chi connectivity index (χ4v) is 1.70. The van der Waals surface area contributed by atoms with Crippen molar-refractivity contribution in [2.45, 2.75) is 48.0 Å². The Morgan fingerprint density at radius 2 is 1.80 bits per heavy atom. The summed E-state index contributed by atoms with van der Waals surface area (Å²) in [6.45, 7) is 11.7. The minimum Gasteiger partial charge on any atom is -0.438 e. The van der Waals surface area contributed by atoms with Crippen LogP contribution in [-0.2, 0) is 9.53 Å². The molecular formula is C12H24O3. The topological polar surface area (TPSA) is 46.5 Å². The van der Waals surface area contributed by atoms with Crippen molar-refractivity contribution in [1.29, 1.82) is 0 Å². The molecule has 0 aliphatic carbocycles. The second-order valence-corrected chi connectivity index (χ2v) is 5.35. The van der Waals surface area contributed by atoms with Gasteiger partial charge in [-0.3, -0.25) is 4.79 Å². The van der Waals surface area contributed by atoms with Crippen molar-refractivity contribution in [3.8, 4) is 0 Å². The zero-order valence-corrected chi connectivity index (χ0v) is 10.8. The number of carbonyl (C=O) groups excluding carboxylic acids is 1. The number of hydrogen-bond acceptors (Lipinski definition) is 3. The largest absolute Gasteiger partial charge is 0.438 e. The Balaban J connectivity index is 4.79. The van der Waals surface area contributed by atoms with Gasteiger partial charge in [-0.2, -0.15) is 0 Å². The number of ether oxygens (including phenoxy) is 1. The molecule has 0 aliphatic heterocycles. The Hall–Kier alpha value is -0.570. The zero-order chi connectivity index (χ0) is 12.3. The van der Waals surface area contributed by atoms with E-state index in [2.05, 4.69) is 32.4 Å². The van der Waals surface area contributed by atoms with E-state index in [4.69, 9.17) is 5.11 Å². The first kappa shape index (κ1) is 14.4. The third-order valence-electron chi connectivity index (χ3n) is 3.89. The molecule has 90 valence electrons. The third-order valence-corrected chi connectivity index (χ3v) is 3.89. The smallest absolute Gasteiger partial charge is 0.313 e. The summed E-state index contributed by atoms with van der Waals surface area (Å²) in [5.74, 6) is -0.145. The standard InChI is InChI=1S/C12H24O3/c1-7-11(3,4)9(2)12(5,6)10(14)15-8-13/h9,13H,7-8H2,1-6H3. The van der Waals surface area contributed by atoms with Gasteiger partial charge in [-0.1, -0.05) is 34.1 Å². The van der Waals surface area contributed by atoms with Crippen LogP contribution >= 0.6 is 0 Å². The first-order valence-electron chi connectivity index (χ1n) is 5.48. The van der Waals surface area contributed by atoms with Gasteiger partial charge in [0.25, 0.3) is 0 Å². The van der Waals surface area contributed by atoms with Crippen LogP contribution in [0.15, 0.2) is 0 Å². The molecule has 0 heterocycles. The summed E-state index contributed by atoms with van der Waals surface area (Å²) >= 11 is 0. The van der Waals surface area contributed by atoms with Crippen LogP contribution in [0.2, 0.25) is 0 Å². The van der Waals surface area contributed by atoms with Crippen molar-refractivity contribution >= 4 is 5.97 Å². The Morgan fingerprint density at radius 3 is 2.13 bits per heavy atom. The zero-order valence-electron chi connectivity index (χ0n) is 10.8. The predicted molar refractivity (Wildman–Crippen MR) is 60.2 cm³/mol. The van der Waals surface area contributed by atoms with Crippen LogP contribution in [0.4, 0.5) is 0 Å². The van der Waals surface area contributed by atoms with Gasteiger partial charge in [0.1, 0.15) is 0 Å². The van der Waals surface area contributed by atoms with E-state index < -0.39 is 12.2 Å². The monoisotopic (exact) mass is 216 g/mol. The van der Waals surface area contributed by atoms with Gasteiger partial charge < -0.3 is 9.84 Å². The van der Waals surface area contributed by atoms with E-state index in [1.54, 1.807) is 0 Å². The summed E-state index contributed by atoms with van der Waals surface area (Å²) in [5, 5.41) is 8.60. The van der Waals surface area contributed by atoms with Crippen molar-refractivity contribution in [2.24, 2.45) is 16.7 Å². The Labute approximate surface area is 92.8 Å². The molecule has 1 atom stereocenters. The van der Waals surface area contributed by atoms with Gasteiger partial charge in [-0.05, 0) is 25.2 Å². The van der Waals surface area contributed by atoms with E-state index in [9.17, 15) is 4.79 Å². The van der Waals surface area contributed by atoms with Crippen LogP contribution in [0.1, 0.15) is 48.0 Å². The second-order valence-electron chi connectivity index (χ2n) is 5.35. The molecule has 1 unspecified atom stereocenters. The van der Waals surface area contributed by atoms with E-state index in [0.29, 0.717) is 0 Å². The van der Waals surface area contributed by atoms with Crippen LogP contribution in [0, 0.1) is 16.7 Å². The fraction of sp³-hybridized carbons (Fsp3) is 0.917. The van der Waals surface area contributed by atoms with Crippen molar-refractivity contribution in [3.05, 3.63) is 0 Å². The number of esters is 1. The SMILES string of the molecule is CCC(C)(C)C(C)C(C)(C)C(=O)OCO. The minimum atomic E-state index is -0.567. The maximum atomic E-state index is 11.7. The maximum absolute atomic E-state index is 11.7. The Morgan fingerprint density at radius 1 is 1.33 bits per heavy atom. The van der Waals surface area contributed by atoms with Gasteiger partial charge in [0.2, 0.25) is 0 Å². The highest BCUT2D eigenvalue weighted by Gasteiger charge is 2.42. The van der Waals surface area contributed by atoms with E-state index >= 15 is 0 Å². The lowest BCUT2D eigenvalue weighted by molar-refractivity contribution is -0.168. The first-order chi connectivity index (χ1) is 6.70. The van der Waals surface area contributed by atoms with Crippen molar-refractivity contribution in [3.63, 3.8) is 0 Å². The number of aliphatic hydroxyl groups excluding tert-OH is 1. The molecule has 0 amide bonds. The molecule has 0 aliphatic rings. The molecule has 3 heteroatoms. The quantitative estimate of drug-likeness (QED) is 0.567. The lowest BCUT2D eigenvalue weighted by Crippen LogP contribution is -2.40. The molecule has 0 spiro atoms. The van der Waals surface area contributed by atoms with Crippen molar-refractivity contribution in [2.75, 3.05) is 6.79 Å². The average molecular weight is 216 g/mol. The van der Waals surface area contributed by atoms with Crippen molar-refractivity contribution in [1.82, 2.24) is 0 Å². The van der Waals surface area contributed by atoms with Crippen molar-refractivity contribution < 1.29 is 14.6 Å². The molecule has 0 aromatic carbocycles. The summed E-state index contributed by atoms with van der Waals surface area (Å²) in [4.78, 5) is 11.7. The molecule has 0 fully saturated rings. The number of carbonyl (C=O) groups is 1. The minimum absolute atomic E-state index is 0.0813. The lowest BCUT2D eigenvalue weighted by atomic mass is 9.65. The van der Waals surface area contributed by atoms with Gasteiger partial charge in [-0.25, -0.2) is 0 Å². The van der Waals surface area contributed by atoms with Crippen LogP contribution in [0.5, 0.6) is 0 Å². The normalized spacial score (nSPS) is 14.9. The Kier molecular flexibility index (Phi) is 4.78. The molecule has 0 aromatic rings. The van der Waals surface area contributed by atoms with Gasteiger partial charge >= 0.3 is 5.97 Å². The van der Waals surface area contributed by atoms with Gasteiger partial charge in [0, 0.05) is 0 Å². The molecule has 0 radical (unpaired) electrons. The molecule has 0 saturated carbocycles. The average Bonchev–Trinajstić information content (AvgIpc) is 2.17. The van der Waals surface area contributed by atoms with Crippen LogP contribution < -0.4 is 0 Å². The summed E-state index contributed by atoms with van der Waals surface area (Å²) in [6.07, 6.45) is 1.00. The fourth-order valence-electron chi connectivity index (χ4n) is 1.70. The summed E-state index contributed by atoms with van der Waals surface area (Å²) in [5.41, 5.74) is -0.486. The number of hydrogen-bond donors (Lipinski definition) is 1. The van der Waals surface area contributed by atoms with Gasteiger partial charge in [0.05, 0.1) is 5.41 Å². The van der Waals surface area contributed by atoms with E-state index in [1.165, 1.54) is 0 Å². The third kappa shape index (κ3) is 3.20. The molecule has 0 aromatic heterocycles. The van der Waals surface area contributed by atoms with E-state index in [-0.39, 0.29) is 17.3 Å². The Bertz CT molecular complexity index is 219. The molecule has 0 bridgehead atoms. The first-order valence-corrected chi connectivity index (χ1v) is 5.48. The highest BCUT2D eigenvalue weighted by Crippen LogP contribution is 2.42. The van der Waals surface area contributed by atoms with Gasteiger partial charge in [0.15, 0.2) is 6.79 Å². The van der Waals surface area contributed by atoms with Crippen LogP contribution in [-0.4, -0.2) is 17.9 Å². The lowest BCUT2D eigenvalue weighted by Gasteiger charge is -2.40. The predicted octanol–water partition coefficient (Wildman–Crippen LogP) is 2.58. The highest BCUT2D eigenvalue weighted by molar-refractivity contribution is 5.76. The van der Waals surface area contributed by atoms with Crippen LogP contribution in [0.3, 0.4) is 0 Å². The summed E-state index contributed by atoms with van der Waals surface area (Å²) < 4.78 is 4.68. The molecule has 3 nitrogen and oxygen atoms in total. The van der Waals surface area contributed by atoms with E-state index in [0.717, 1.165) is 6.42 Å². The molecule has 15 heavy (non-hydrogen) atoms. The highest BCUT2D eigenvalue weighted by atomic mass is 16.6. The van der Waals surface area contributed by atoms with Crippen LogP contribution in [0.25, 0.3) is 0 Å². The summed E-state index contributed by atoms with van der Waals surface area (Å²) in [7, 11) is 0. The molecule has 0 saturated heterocycles. The molecule has 0 rings (SSSR count). The van der Waals surface area contributed by atoms with Gasteiger partial charge in [-0.15, -0.1) is 0 Å². The number of aliphatic hydroxyl groups is 1. The summed E-state index contributed by atoms with van der Waals surface area (Å²) in [6, 6.07) is 0. The van der Waals surface area contributed by atoms with E-state index in [1.807, 2.05) is 13.8 Å². The molecular weight excluding hydrogens is 192 g/mol.